The van der Waals surface area contributed by atoms with Crippen LogP contribution >= 0.6 is 0 Å². The molecule has 1 saturated carbocycles. The van der Waals surface area contributed by atoms with Crippen molar-refractivity contribution in [2.45, 2.75) is 37.5 Å². The van der Waals surface area contributed by atoms with Gasteiger partial charge in [-0.2, -0.15) is 0 Å². The fourth-order valence-electron chi connectivity index (χ4n) is 8.02. The zero-order valence-corrected chi connectivity index (χ0v) is 19.7. The maximum Gasteiger partial charge on any atom is 0.00923 e. The van der Waals surface area contributed by atoms with E-state index in [1.807, 2.05) is 0 Å². The summed E-state index contributed by atoms with van der Waals surface area (Å²) < 4.78 is 0. The van der Waals surface area contributed by atoms with E-state index < -0.39 is 0 Å². The zero-order valence-electron chi connectivity index (χ0n) is 19.7. The molecule has 0 spiro atoms. The van der Waals surface area contributed by atoms with Gasteiger partial charge in [0, 0.05) is 23.7 Å². The zero-order chi connectivity index (χ0) is 22.6. The summed E-state index contributed by atoms with van der Waals surface area (Å²) in [6.07, 6.45) is 33.9. The lowest BCUT2D eigenvalue weighted by molar-refractivity contribution is 0.0221. The van der Waals surface area contributed by atoms with E-state index in [0.717, 1.165) is 0 Å². The number of hydrogen-bond acceptors (Lipinski definition) is 0. The van der Waals surface area contributed by atoms with Crippen LogP contribution in [0.15, 0.2) is 109 Å². The number of fused-ring (bicyclic) bond motifs is 2. The molecular weight excluding hydrogens is 408 g/mol. The first-order valence-corrected chi connectivity index (χ1v) is 13.0. The van der Waals surface area contributed by atoms with Crippen LogP contribution < -0.4 is 0 Å². The van der Waals surface area contributed by atoms with Crippen LogP contribution in [-0.4, -0.2) is 0 Å². The van der Waals surface area contributed by atoms with Crippen molar-refractivity contribution in [2.75, 3.05) is 0 Å². The highest BCUT2D eigenvalue weighted by atomic mass is 14.6. The quantitative estimate of drug-likeness (QED) is 0.446. The van der Waals surface area contributed by atoms with Crippen LogP contribution in [0.2, 0.25) is 0 Å². The van der Waals surface area contributed by atoms with Gasteiger partial charge >= 0.3 is 0 Å². The molecular formula is C34H32. The van der Waals surface area contributed by atoms with Crippen LogP contribution in [-0.2, 0) is 0 Å². The number of allylic oxidation sites excluding steroid dienone is 10. The smallest absolute Gasteiger partial charge is 0.00923 e. The number of hydrogen-bond donors (Lipinski definition) is 0. The summed E-state index contributed by atoms with van der Waals surface area (Å²) in [5, 5.41) is 0. The summed E-state index contributed by atoms with van der Waals surface area (Å²) in [5.74, 6) is 2.04. The van der Waals surface area contributed by atoms with Crippen molar-refractivity contribution in [3.63, 3.8) is 0 Å². The largest absolute Gasteiger partial charge is 0.0770 e. The van der Waals surface area contributed by atoms with E-state index in [2.05, 4.69) is 121 Å². The van der Waals surface area contributed by atoms with Gasteiger partial charge in [0.2, 0.25) is 0 Å². The molecule has 0 amide bonds. The van der Waals surface area contributed by atoms with Gasteiger partial charge in [-0.05, 0) is 58.8 Å². The van der Waals surface area contributed by atoms with E-state index in [1.165, 1.54) is 47.9 Å². The van der Waals surface area contributed by atoms with E-state index in [1.54, 1.807) is 0 Å². The standard InChI is InChI=1S/C34H32/c1-7-15-29-25(9-1)17-19-31(29)33(27-11-3-4-12-27)21-23-34(24-22-33,28-13-5-6-14-28)32-20-18-26-10-2-8-16-30(26)32/h1-20,27-28,31-32H,21-24H2. The van der Waals surface area contributed by atoms with Crippen molar-refractivity contribution in [1.29, 1.82) is 0 Å². The summed E-state index contributed by atoms with van der Waals surface area (Å²) >= 11 is 0. The molecule has 2 aromatic rings. The van der Waals surface area contributed by atoms with Crippen LogP contribution in [0.4, 0.5) is 0 Å². The Hall–Kier alpha value is -3.12. The molecule has 2 unspecified atom stereocenters. The van der Waals surface area contributed by atoms with E-state index in [9.17, 15) is 0 Å². The monoisotopic (exact) mass is 440 g/mol. The van der Waals surface area contributed by atoms with Crippen LogP contribution in [0, 0.1) is 22.7 Å². The Labute approximate surface area is 203 Å². The van der Waals surface area contributed by atoms with Gasteiger partial charge in [0.25, 0.3) is 0 Å². The van der Waals surface area contributed by atoms with Gasteiger partial charge < -0.3 is 0 Å². The summed E-state index contributed by atoms with van der Waals surface area (Å²) in [6, 6.07) is 18.2. The maximum absolute atomic E-state index is 2.53. The molecule has 2 aromatic carbocycles. The van der Waals surface area contributed by atoms with Gasteiger partial charge in [-0.15, -0.1) is 0 Å². The third-order valence-corrected chi connectivity index (χ3v) is 9.77. The predicted molar refractivity (Wildman–Crippen MR) is 143 cm³/mol. The molecule has 0 N–H and O–H groups in total. The van der Waals surface area contributed by atoms with Crippen LogP contribution in [0.3, 0.4) is 0 Å². The minimum absolute atomic E-state index is 0.254. The van der Waals surface area contributed by atoms with Crippen LogP contribution in [0.25, 0.3) is 12.2 Å². The Balaban J connectivity index is 1.29. The predicted octanol–water partition coefficient (Wildman–Crippen LogP) is 8.64. The Morgan fingerprint density at radius 1 is 0.471 bits per heavy atom. The molecule has 5 aliphatic rings. The summed E-state index contributed by atoms with van der Waals surface area (Å²) in [5.41, 5.74) is 6.42. The molecule has 0 aliphatic heterocycles. The molecule has 0 aromatic heterocycles. The average molecular weight is 441 g/mol. The molecule has 0 saturated heterocycles. The second-order valence-electron chi connectivity index (χ2n) is 11.0. The lowest BCUT2D eigenvalue weighted by Gasteiger charge is -2.55. The molecule has 2 atom stereocenters. The molecule has 0 heteroatoms. The Morgan fingerprint density at radius 2 is 0.853 bits per heavy atom. The second-order valence-corrected chi connectivity index (χ2v) is 11.0. The summed E-state index contributed by atoms with van der Waals surface area (Å²) in [4.78, 5) is 0. The van der Waals surface area contributed by atoms with E-state index in [4.69, 9.17) is 0 Å². The SMILES string of the molecule is C1=CC(C2(C3C=Cc4ccccc43)CCC(C3C=CC=C3)(C3C=Cc4ccccc43)CC2)C=C1. The first-order valence-electron chi connectivity index (χ1n) is 13.0. The Bertz CT molecular complexity index is 1160. The lowest BCUT2D eigenvalue weighted by atomic mass is 9.49. The van der Waals surface area contributed by atoms with Crippen molar-refractivity contribution in [2.24, 2.45) is 22.7 Å². The highest BCUT2D eigenvalue weighted by molar-refractivity contribution is 5.64. The van der Waals surface area contributed by atoms with Crippen molar-refractivity contribution >= 4 is 12.2 Å². The van der Waals surface area contributed by atoms with Gasteiger partial charge in [-0.1, -0.05) is 121 Å². The van der Waals surface area contributed by atoms with E-state index in [0.29, 0.717) is 23.7 Å². The third-order valence-electron chi connectivity index (χ3n) is 9.77. The fourth-order valence-corrected chi connectivity index (χ4v) is 8.02. The molecule has 0 bridgehead atoms. The van der Waals surface area contributed by atoms with Crippen molar-refractivity contribution < 1.29 is 0 Å². The van der Waals surface area contributed by atoms with Gasteiger partial charge in [-0.3, -0.25) is 0 Å². The minimum Gasteiger partial charge on any atom is -0.0770 e. The first kappa shape index (κ1) is 20.3. The number of rotatable bonds is 4. The van der Waals surface area contributed by atoms with Crippen molar-refractivity contribution in [3.05, 3.63) is 132 Å². The molecule has 7 rings (SSSR count). The molecule has 168 valence electrons. The van der Waals surface area contributed by atoms with Gasteiger partial charge in [0.1, 0.15) is 0 Å². The highest BCUT2D eigenvalue weighted by Gasteiger charge is 2.54. The lowest BCUT2D eigenvalue weighted by Crippen LogP contribution is -2.45. The summed E-state index contributed by atoms with van der Waals surface area (Å²) in [6.45, 7) is 0. The van der Waals surface area contributed by atoms with Crippen LogP contribution in [0.5, 0.6) is 0 Å². The third kappa shape index (κ3) is 2.84. The van der Waals surface area contributed by atoms with Gasteiger partial charge in [0.15, 0.2) is 0 Å². The van der Waals surface area contributed by atoms with Gasteiger partial charge in [-0.25, -0.2) is 0 Å². The van der Waals surface area contributed by atoms with E-state index >= 15 is 0 Å². The average Bonchev–Trinajstić information content (AvgIpc) is 3.70. The summed E-state index contributed by atoms with van der Waals surface area (Å²) in [7, 11) is 0. The number of benzene rings is 2. The molecule has 1 fully saturated rings. The molecule has 0 heterocycles. The van der Waals surface area contributed by atoms with Crippen LogP contribution in [0.1, 0.15) is 59.8 Å². The maximum atomic E-state index is 2.53. The normalized spacial score (nSPS) is 33.3. The molecule has 34 heavy (non-hydrogen) atoms. The van der Waals surface area contributed by atoms with Crippen molar-refractivity contribution in [1.82, 2.24) is 0 Å². The fraction of sp³-hybridized carbons (Fsp3) is 0.294. The van der Waals surface area contributed by atoms with Crippen molar-refractivity contribution in [3.8, 4) is 0 Å². The van der Waals surface area contributed by atoms with E-state index in [-0.39, 0.29) is 10.8 Å². The first-order chi connectivity index (χ1) is 16.8. The molecule has 0 nitrogen and oxygen atoms in total. The minimum atomic E-state index is 0.254. The highest BCUT2D eigenvalue weighted by Crippen LogP contribution is 2.65. The topological polar surface area (TPSA) is 0 Å². The van der Waals surface area contributed by atoms with Gasteiger partial charge in [0.05, 0.1) is 0 Å². The second kappa shape index (κ2) is 7.70. The Kier molecular flexibility index (Phi) is 4.59. The Morgan fingerprint density at radius 3 is 1.26 bits per heavy atom. The molecule has 5 aliphatic carbocycles. The molecule has 0 radical (unpaired) electrons.